The summed E-state index contributed by atoms with van der Waals surface area (Å²) in [7, 11) is 1.60. The number of methoxy groups -OCH3 is 1. The topological polar surface area (TPSA) is 66.8 Å². The number of carboxylic acids is 1. The number of piperidine rings is 1. The van der Waals surface area contributed by atoms with Gasteiger partial charge < -0.3 is 14.7 Å². The average Bonchev–Trinajstić information content (AvgIpc) is 2.52. The molecule has 0 radical (unpaired) electrons. The van der Waals surface area contributed by atoms with Crippen LogP contribution in [0.2, 0.25) is 0 Å². The summed E-state index contributed by atoms with van der Waals surface area (Å²) in [5.74, 6) is -0.240. The number of halogens is 1. The van der Waals surface area contributed by atoms with Crippen LogP contribution in [0.25, 0.3) is 0 Å². The number of rotatable bonds is 5. The summed E-state index contributed by atoms with van der Waals surface area (Å²) < 4.78 is 6.02. The molecular formula is C16H20BrNO4. The highest BCUT2D eigenvalue weighted by molar-refractivity contribution is 9.10. The molecule has 1 aliphatic rings. The lowest BCUT2D eigenvalue weighted by Crippen LogP contribution is -2.48. The van der Waals surface area contributed by atoms with Gasteiger partial charge in [-0.3, -0.25) is 4.79 Å². The third kappa shape index (κ3) is 4.00. The highest BCUT2D eigenvalue weighted by atomic mass is 79.9. The van der Waals surface area contributed by atoms with Gasteiger partial charge in [-0.1, -0.05) is 6.07 Å². The number of ether oxygens (including phenoxy) is 1. The summed E-state index contributed by atoms with van der Waals surface area (Å²) in [6.45, 7) is 0.544. The molecule has 0 spiro atoms. The average molecular weight is 370 g/mol. The van der Waals surface area contributed by atoms with Crippen LogP contribution >= 0.6 is 15.9 Å². The first-order valence-electron chi connectivity index (χ1n) is 7.37. The SMILES string of the molecule is COc1ccc(CCC(=O)N2CCCC[C@H]2C(=O)O)cc1Br. The van der Waals surface area contributed by atoms with Gasteiger partial charge in [0.05, 0.1) is 11.6 Å². The maximum atomic E-state index is 12.3. The lowest BCUT2D eigenvalue weighted by Gasteiger charge is -2.33. The number of aliphatic carboxylic acids is 1. The normalized spacial score (nSPS) is 18.1. The molecule has 120 valence electrons. The quantitative estimate of drug-likeness (QED) is 0.866. The first kappa shape index (κ1) is 16.8. The highest BCUT2D eigenvalue weighted by Crippen LogP contribution is 2.26. The number of carboxylic acid groups (broad SMARTS) is 1. The van der Waals surface area contributed by atoms with Crippen molar-refractivity contribution in [3.8, 4) is 5.75 Å². The van der Waals surface area contributed by atoms with Crippen LogP contribution in [0.4, 0.5) is 0 Å². The maximum Gasteiger partial charge on any atom is 0.326 e. The van der Waals surface area contributed by atoms with Gasteiger partial charge in [-0.2, -0.15) is 0 Å². The third-order valence-corrected chi connectivity index (χ3v) is 4.57. The first-order chi connectivity index (χ1) is 10.5. The van der Waals surface area contributed by atoms with Crippen LogP contribution < -0.4 is 4.74 Å². The molecule has 1 heterocycles. The first-order valence-corrected chi connectivity index (χ1v) is 8.17. The molecule has 1 aromatic rings. The van der Waals surface area contributed by atoms with Gasteiger partial charge in [-0.05, 0) is 59.3 Å². The van der Waals surface area contributed by atoms with Crippen LogP contribution in [0.1, 0.15) is 31.2 Å². The second-order valence-electron chi connectivity index (χ2n) is 5.41. The van der Waals surface area contributed by atoms with E-state index < -0.39 is 12.0 Å². The van der Waals surface area contributed by atoms with E-state index in [9.17, 15) is 14.7 Å². The van der Waals surface area contributed by atoms with Crippen molar-refractivity contribution in [1.82, 2.24) is 4.90 Å². The number of carbonyl (C=O) groups is 2. The number of benzene rings is 1. The molecule has 0 aliphatic carbocycles. The maximum absolute atomic E-state index is 12.3. The van der Waals surface area contributed by atoms with Gasteiger partial charge in [0.2, 0.25) is 5.91 Å². The monoisotopic (exact) mass is 369 g/mol. The minimum Gasteiger partial charge on any atom is -0.496 e. The number of hydrogen-bond donors (Lipinski definition) is 1. The molecule has 0 bridgehead atoms. The van der Waals surface area contributed by atoms with Gasteiger partial charge in [0.1, 0.15) is 11.8 Å². The number of likely N-dealkylation sites (tertiary alicyclic amines) is 1. The van der Waals surface area contributed by atoms with E-state index in [0.717, 1.165) is 28.6 Å². The number of hydrogen-bond acceptors (Lipinski definition) is 3. The van der Waals surface area contributed by atoms with Crippen molar-refractivity contribution in [3.05, 3.63) is 28.2 Å². The van der Waals surface area contributed by atoms with Crippen molar-refractivity contribution in [2.45, 2.75) is 38.1 Å². The molecule has 0 saturated carbocycles. The summed E-state index contributed by atoms with van der Waals surface area (Å²) in [4.78, 5) is 25.1. The Hall–Kier alpha value is -1.56. The second-order valence-corrected chi connectivity index (χ2v) is 6.26. The lowest BCUT2D eigenvalue weighted by atomic mass is 10.0. The summed E-state index contributed by atoms with van der Waals surface area (Å²) in [5, 5.41) is 9.22. The predicted molar refractivity (Wildman–Crippen MR) is 86.0 cm³/mol. The van der Waals surface area contributed by atoms with Gasteiger partial charge in [0, 0.05) is 13.0 Å². The largest absolute Gasteiger partial charge is 0.496 e. The molecule has 1 amide bonds. The van der Waals surface area contributed by atoms with Crippen LogP contribution in [0.3, 0.4) is 0 Å². The number of nitrogens with zero attached hydrogens (tertiary/aromatic N) is 1. The molecule has 1 fully saturated rings. The Balaban J connectivity index is 1.96. The van der Waals surface area contributed by atoms with Crippen LogP contribution in [0.5, 0.6) is 5.75 Å². The fraction of sp³-hybridized carbons (Fsp3) is 0.500. The summed E-state index contributed by atoms with van der Waals surface area (Å²) in [6, 6.07) is 5.03. The van der Waals surface area contributed by atoms with Crippen molar-refractivity contribution in [2.75, 3.05) is 13.7 Å². The van der Waals surface area contributed by atoms with Crippen LogP contribution in [0, 0.1) is 0 Å². The number of amides is 1. The fourth-order valence-electron chi connectivity index (χ4n) is 2.75. The zero-order valence-corrected chi connectivity index (χ0v) is 14.1. The molecule has 5 nitrogen and oxygen atoms in total. The van der Waals surface area contributed by atoms with E-state index >= 15 is 0 Å². The third-order valence-electron chi connectivity index (χ3n) is 3.95. The summed E-state index contributed by atoms with van der Waals surface area (Å²) in [5.41, 5.74) is 1.02. The Morgan fingerprint density at radius 3 is 2.82 bits per heavy atom. The van der Waals surface area contributed by atoms with Crippen molar-refractivity contribution >= 4 is 27.8 Å². The van der Waals surface area contributed by atoms with Crippen molar-refractivity contribution in [3.63, 3.8) is 0 Å². The molecule has 1 saturated heterocycles. The molecule has 1 aliphatic heterocycles. The van der Waals surface area contributed by atoms with E-state index in [2.05, 4.69) is 15.9 Å². The van der Waals surface area contributed by atoms with Gasteiger partial charge in [-0.15, -0.1) is 0 Å². The van der Waals surface area contributed by atoms with E-state index in [1.807, 2.05) is 18.2 Å². The Bertz CT molecular complexity index is 561. The smallest absolute Gasteiger partial charge is 0.326 e. The minimum atomic E-state index is -0.903. The molecule has 6 heteroatoms. The molecule has 0 aromatic heterocycles. The summed E-state index contributed by atoms with van der Waals surface area (Å²) >= 11 is 3.42. The van der Waals surface area contributed by atoms with Crippen molar-refractivity contribution < 1.29 is 19.4 Å². The highest BCUT2D eigenvalue weighted by Gasteiger charge is 2.31. The molecule has 0 unspecified atom stereocenters. The van der Waals surface area contributed by atoms with E-state index in [1.54, 1.807) is 7.11 Å². The Kier molecular flexibility index (Phi) is 5.83. The molecule has 1 N–H and O–H groups in total. The van der Waals surface area contributed by atoms with Crippen molar-refractivity contribution in [2.24, 2.45) is 0 Å². The minimum absolute atomic E-state index is 0.0842. The summed E-state index contributed by atoms with van der Waals surface area (Å²) in [6.07, 6.45) is 3.21. The molecule has 2 rings (SSSR count). The molecule has 22 heavy (non-hydrogen) atoms. The van der Waals surface area contributed by atoms with E-state index in [-0.39, 0.29) is 5.91 Å². The molecule has 1 aromatic carbocycles. The van der Waals surface area contributed by atoms with Crippen molar-refractivity contribution in [1.29, 1.82) is 0 Å². The number of aryl methyl sites for hydroxylation is 1. The van der Waals surface area contributed by atoms with Crippen LogP contribution in [-0.4, -0.2) is 41.6 Å². The number of carbonyl (C=O) groups excluding carboxylic acids is 1. The zero-order chi connectivity index (χ0) is 16.1. The van der Waals surface area contributed by atoms with E-state index in [0.29, 0.717) is 25.8 Å². The van der Waals surface area contributed by atoms with Gasteiger partial charge in [0.25, 0.3) is 0 Å². The van der Waals surface area contributed by atoms with Gasteiger partial charge >= 0.3 is 5.97 Å². The molecule has 1 atom stereocenters. The Morgan fingerprint density at radius 1 is 1.41 bits per heavy atom. The van der Waals surface area contributed by atoms with Gasteiger partial charge in [-0.25, -0.2) is 4.79 Å². The van der Waals surface area contributed by atoms with E-state index in [4.69, 9.17) is 4.74 Å². The van der Waals surface area contributed by atoms with E-state index in [1.165, 1.54) is 4.90 Å². The lowest BCUT2D eigenvalue weighted by molar-refractivity contribution is -0.152. The predicted octanol–water partition coefficient (Wildman–Crippen LogP) is 2.86. The fourth-order valence-corrected chi connectivity index (χ4v) is 3.34. The Morgan fingerprint density at radius 2 is 2.18 bits per heavy atom. The van der Waals surface area contributed by atoms with Crippen LogP contribution in [0.15, 0.2) is 22.7 Å². The second kappa shape index (κ2) is 7.63. The van der Waals surface area contributed by atoms with Crippen LogP contribution in [-0.2, 0) is 16.0 Å². The Labute approximate surface area is 138 Å². The molecular weight excluding hydrogens is 350 g/mol. The van der Waals surface area contributed by atoms with Gasteiger partial charge in [0.15, 0.2) is 0 Å². The zero-order valence-electron chi connectivity index (χ0n) is 12.5. The standard InChI is InChI=1S/C16H20BrNO4/c1-22-14-7-5-11(10-12(14)17)6-8-15(19)18-9-3-2-4-13(18)16(20)21/h5,7,10,13H,2-4,6,8-9H2,1H3,(H,20,21)/t13-/m0/s1.